The van der Waals surface area contributed by atoms with E-state index in [1.807, 2.05) is 12.1 Å². The minimum atomic E-state index is -3.14. The predicted octanol–water partition coefficient (Wildman–Crippen LogP) is 1.47. The number of hydrogen-bond acceptors (Lipinski definition) is 3. The molecule has 0 amide bonds. The van der Waals surface area contributed by atoms with Crippen molar-refractivity contribution in [2.45, 2.75) is 29.6 Å². The van der Waals surface area contributed by atoms with Crippen molar-refractivity contribution in [1.29, 1.82) is 0 Å². The number of benzene rings is 1. The van der Waals surface area contributed by atoms with Gasteiger partial charge in [0.1, 0.15) is 0 Å². The lowest BCUT2D eigenvalue weighted by Gasteiger charge is -2.17. The molecule has 88 valence electrons. The Morgan fingerprint density at radius 1 is 1.31 bits per heavy atom. The molecule has 4 heteroatoms. The van der Waals surface area contributed by atoms with Crippen LogP contribution >= 0.6 is 0 Å². The summed E-state index contributed by atoms with van der Waals surface area (Å²) in [7, 11) is -3.14. The Bertz CT molecular complexity index is 489. The summed E-state index contributed by atoms with van der Waals surface area (Å²) in [6.45, 7) is 0.609. The molecule has 0 heterocycles. The molecule has 2 rings (SSSR count). The quantitative estimate of drug-likeness (QED) is 0.865. The molecule has 1 aromatic carbocycles. The average molecular weight is 239 g/mol. The van der Waals surface area contributed by atoms with Crippen LogP contribution in [0.25, 0.3) is 0 Å². The maximum Gasteiger partial charge on any atom is 0.175 e. The van der Waals surface area contributed by atoms with Crippen molar-refractivity contribution in [3.63, 3.8) is 0 Å². The minimum absolute atomic E-state index is 0.0361. The van der Waals surface area contributed by atoms with Gasteiger partial charge in [-0.2, -0.15) is 0 Å². The van der Waals surface area contributed by atoms with E-state index in [9.17, 15) is 8.42 Å². The summed E-state index contributed by atoms with van der Waals surface area (Å²) in [5, 5.41) is 0. The second kappa shape index (κ2) is 3.86. The summed E-state index contributed by atoms with van der Waals surface area (Å²) < 4.78 is 23.4. The zero-order valence-corrected chi connectivity index (χ0v) is 10.3. The van der Waals surface area contributed by atoms with Crippen LogP contribution in [0, 0.1) is 0 Å². The Kier molecular flexibility index (Phi) is 2.80. The van der Waals surface area contributed by atoms with Gasteiger partial charge < -0.3 is 5.73 Å². The Labute approximate surface area is 96.6 Å². The van der Waals surface area contributed by atoms with Crippen LogP contribution in [0.1, 0.15) is 24.8 Å². The van der Waals surface area contributed by atoms with Crippen LogP contribution in [0.5, 0.6) is 0 Å². The first-order valence-corrected chi connectivity index (χ1v) is 7.38. The first-order valence-electron chi connectivity index (χ1n) is 5.49. The van der Waals surface area contributed by atoms with E-state index in [1.165, 1.54) is 6.26 Å². The van der Waals surface area contributed by atoms with E-state index in [0.29, 0.717) is 11.4 Å². The van der Waals surface area contributed by atoms with Crippen molar-refractivity contribution >= 4 is 9.84 Å². The first-order chi connectivity index (χ1) is 7.49. The molecule has 1 aliphatic carbocycles. The summed E-state index contributed by atoms with van der Waals surface area (Å²) in [6, 6.07) is 7.30. The number of sulfone groups is 1. The fraction of sp³-hybridized carbons (Fsp3) is 0.500. The van der Waals surface area contributed by atoms with Crippen LogP contribution in [-0.2, 0) is 15.3 Å². The molecule has 2 N–H and O–H groups in total. The second-order valence-corrected chi connectivity index (χ2v) is 6.57. The Balaban J connectivity index is 2.50. The van der Waals surface area contributed by atoms with Crippen molar-refractivity contribution in [3.8, 4) is 0 Å². The third-order valence-electron chi connectivity index (χ3n) is 3.33. The molecule has 16 heavy (non-hydrogen) atoms. The van der Waals surface area contributed by atoms with Gasteiger partial charge in [0.2, 0.25) is 0 Å². The predicted molar refractivity (Wildman–Crippen MR) is 64.1 cm³/mol. The molecule has 0 bridgehead atoms. The van der Waals surface area contributed by atoms with Crippen LogP contribution in [0.4, 0.5) is 0 Å². The Hall–Kier alpha value is -0.870. The van der Waals surface area contributed by atoms with Crippen LogP contribution in [0.2, 0.25) is 0 Å². The topological polar surface area (TPSA) is 60.2 Å². The highest BCUT2D eigenvalue weighted by molar-refractivity contribution is 7.90. The first kappa shape index (κ1) is 11.6. The molecule has 0 atom stereocenters. The summed E-state index contributed by atoms with van der Waals surface area (Å²) in [5.74, 6) is 0. The van der Waals surface area contributed by atoms with E-state index >= 15 is 0 Å². The molecule has 3 nitrogen and oxygen atoms in total. The molecule has 0 spiro atoms. The van der Waals surface area contributed by atoms with Gasteiger partial charge >= 0.3 is 0 Å². The van der Waals surface area contributed by atoms with E-state index < -0.39 is 9.84 Å². The largest absolute Gasteiger partial charge is 0.330 e. The Morgan fingerprint density at radius 2 is 1.94 bits per heavy atom. The highest BCUT2D eigenvalue weighted by atomic mass is 32.2. The maximum absolute atomic E-state index is 11.7. The molecule has 1 aliphatic rings. The van der Waals surface area contributed by atoms with Crippen LogP contribution in [0.15, 0.2) is 29.2 Å². The standard InChI is InChI=1S/C12H17NO2S/c1-16(14,15)11-5-3-2-4-10(11)12(6-7-12)8-9-13/h2-5H,6-9,13H2,1H3. The van der Waals surface area contributed by atoms with E-state index in [1.54, 1.807) is 12.1 Å². The highest BCUT2D eigenvalue weighted by Gasteiger charge is 2.45. The SMILES string of the molecule is CS(=O)(=O)c1ccccc1C1(CCN)CC1. The van der Waals surface area contributed by atoms with Gasteiger partial charge in [0.05, 0.1) is 4.90 Å². The molecule has 0 aliphatic heterocycles. The van der Waals surface area contributed by atoms with Gasteiger partial charge in [0, 0.05) is 6.26 Å². The molecule has 0 saturated heterocycles. The number of hydrogen-bond donors (Lipinski definition) is 1. The number of nitrogens with two attached hydrogens (primary N) is 1. The molecule has 1 aromatic rings. The van der Waals surface area contributed by atoms with Crippen molar-refractivity contribution in [1.82, 2.24) is 0 Å². The zero-order valence-electron chi connectivity index (χ0n) is 9.44. The zero-order chi connectivity index (χ0) is 11.8. The fourth-order valence-electron chi connectivity index (χ4n) is 2.31. The van der Waals surface area contributed by atoms with Gasteiger partial charge in [0.25, 0.3) is 0 Å². The van der Waals surface area contributed by atoms with Crippen LogP contribution < -0.4 is 5.73 Å². The molecule has 1 saturated carbocycles. The van der Waals surface area contributed by atoms with Gasteiger partial charge in [-0.3, -0.25) is 0 Å². The molecular weight excluding hydrogens is 222 g/mol. The second-order valence-electron chi connectivity index (χ2n) is 4.59. The lowest BCUT2D eigenvalue weighted by atomic mass is 9.92. The Morgan fingerprint density at radius 3 is 2.44 bits per heavy atom. The lowest BCUT2D eigenvalue weighted by molar-refractivity contribution is 0.587. The van der Waals surface area contributed by atoms with Crippen LogP contribution in [0.3, 0.4) is 0 Å². The fourth-order valence-corrected chi connectivity index (χ4v) is 3.32. The van der Waals surface area contributed by atoms with E-state index in [2.05, 4.69) is 0 Å². The number of rotatable bonds is 4. The smallest absolute Gasteiger partial charge is 0.175 e. The normalized spacial score (nSPS) is 18.4. The average Bonchev–Trinajstić information content (AvgIpc) is 2.98. The third kappa shape index (κ3) is 1.99. The summed E-state index contributed by atoms with van der Waals surface area (Å²) in [5.41, 5.74) is 6.60. The molecule has 1 fully saturated rings. The third-order valence-corrected chi connectivity index (χ3v) is 4.49. The summed E-state index contributed by atoms with van der Waals surface area (Å²) >= 11 is 0. The molecular formula is C12H17NO2S. The van der Waals surface area contributed by atoms with Crippen molar-refractivity contribution < 1.29 is 8.42 Å². The maximum atomic E-state index is 11.7. The van der Waals surface area contributed by atoms with Crippen molar-refractivity contribution in [3.05, 3.63) is 29.8 Å². The van der Waals surface area contributed by atoms with Gasteiger partial charge in [-0.1, -0.05) is 18.2 Å². The monoisotopic (exact) mass is 239 g/mol. The van der Waals surface area contributed by atoms with Gasteiger partial charge in [0.15, 0.2) is 9.84 Å². The van der Waals surface area contributed by atoms with Crippen molar-refractivity contribution in [2.75, 3.05) is 12.8 Å². The van der Waals surface area contributed by atoms with Gasteiger partial charge in [-0.15, -0.1) is 0 Å². The lowest BCUT2D eigenvalue weighted by Crippen LogP contribution is -2.16. The van der Waals surface area contributed by atoms with Gasteiger partial charge in [-0.25, -0.2) is 8.42 Å². The van der Waals surface area contributed by atoms with Gasteiger partial charge in [-0.05, 0) is 42.9 Å². The van der Waals surface area contributed by atoms with E-state index in [4.69, 9.17) is 5.73 Å². The minimum Gasteiger partial charge on any atom is -0.330 e. The molecule has 0 aromatic heterocycles. The van der Waals surface area contributed by atoms with Crippen molar-refractivity contribution in [2.24, 2.45) is 5.73 Å². The summed E-state index contributed by atoms with van der Waals surface area (Å²) in [4.78, 5) is 0.473. The summed E-state index contributed by atoms with van der Waals surface area (Å²) in [6.07, 6.45) is 4.25. The molecule has 0 unspecified atom stereocenters. The van der Waals surface area contributed by atoms with Crippen LogP contribution in [-0.4, -0.2) is 21.2 Å². The van der Waals surface area contributed by atoms with E-state index in [0.717, 1.165) is 24.8 Å². The van der Waals surface area contributed by atoms with E-state index in [-0.39, 0.29) is 5.41 Å². The molecule has 0 radical (unpaired) electrons. The highest BCUT2D eigenvalue weighted by Crippen LogP contribution is 2.52.